The number of alkyl halides is 1. The van der Waals surface area contributed by atoms with Gasteiger partial charge in [0.25, 0.3) is 10.1 Å². The van der Waals surface area contributed by atoms with Gasteiger partial charge in [0, 0.05) is 30.3 Å². The summed E-state index contributed by atoms with van der Waals surface area (Å²) in [6.45, 7) is 6.18. The van der Waals surface area contributed by atoms with E-state index in [4.69, 9.17) is 13.7 Å². The average Bonchev–Trinajstić information content (AvgIpc) is 3.11. The lowest BCUT2D eigenvalue weighted by Crippen LogP contribution is -2.65. The summed E-state index contributed by atoms with van der Waals surface area (Å²) in [7, 11) is -4.00. The summed E-state index contributed by atoms with van der Waals surface area (Å²) in [4.78, 5) is 51.1. The summed E-state index contributed by atoms with van der Waals surface area (Å²) >= 11 is 0. The number of halogens is 1. The minimum atomic E-state index is -4.00. The van der Waals surface area contributed by atoms with Crippen molar-refractivity contribution in [3.63, 3.8) is 0 Å². The quantitative estimate of drug-likeness (QED) is 0.282. The van der Waals surface area contributed by atoms with E-state index in [1.165, 1.54) is 6.08 Å². The molecule has 4 rings (SSSR count). The van der Waals surface area contributed by atoms with Gasteiger partial charge in [-0.05, 0) is 75.9 Å². The number of allylic oxidation sites excluding steroid dienone is 3. The van der Waals surface area contributed by atoms with Gasteiger partial charge in [0.1, 0.15) is 18.0 Å². The number of ketones is 2. The van der Waals surface area contributed by atoms with Gasteiger partial charge in [-0.15, -0.1) is 0 Å². The molecular formula is C30H41FO10S. The third-order valence-electron chi connectivity index (χ3n) is 10.5. The van der Waals surface area contributed by atoms with E-state index in [0.29, 0.717) is 24.8 Å². The number of hydrogen-bond acceptors (Lipinski definition) is 10. The molecule has 7 atom stereocenters. The fraction of sp³-hybridized carbons (Fsp3) is 0.733. The smallest absolute Gasteiger partial charge is 0.306 e. The van der Waals surface area contributed by atoms with Crippen molar-refractivity contribution in [1.29, 1.82) is 0 Å². The monoisotopic (exact) mass is 612 g/mol. The van der Waals surface area contributed by atoms with Crippen molar-refractivity contribution in [1.82, 2.24) is 0 Å². The maximum atomic E-state index is 17.5. The van der Waals surface area contributed by atoms with Crippen molar-refractivity contribution in [3.8, 4) is 0 Å². The molecule has 1 N–H and O–H groups in total. The molecule has 234 valence electrons. The number of aliphatic hydroxyl groups is 1. The Morgan fingerprint density at radius 2 is 1.76 bits per heavy atom. The maximum absolute atomic E-state index is 17.5. The second-order valence-corrected chi connectivity index (χ2v) is 14.3. The standard InChI is InChI=1S/C30H41FO10S/c1-6-39-25(35)8-7-9-26(36)41-30(24(34)17-40-42(5,37)38)18(2)14-22-21-11-10-19-15-20(32)16-23(33)28(19,4)29(21,31)13-12-27(22,30)3/h15-16,18,21-22,33H,6-14,17H2,1-5H3/t18-,21-,22-,27-,28+,29+,30-/m0/s1. The van der Waals surface area contributed by atoms with Crippen LogP contribution in [0, 0.1) is 28.6 Å². The Bertz CT molecular complexity index is 1340. The van der Waals surface area contributed by atoms with Gasteiger partial charge in [-0.3, -0.25) is 23.4 Å². The third kappa shape index (κ3) is 5.02. The predicted octanol–water partition coefficient (Wildman–Crippen LogP) is 4.08. The summed E-state index contributed by atoms with van der Waals surface area (Å²) in [5, 5.41) is 10.9. The maximum Gasteiger partial charge on any atom is 0.306 e. The summed E-state index contributed by atoms with van der Waals surface area (Å²) in [5.41, 5.74) is -5.69. The molecule has 3 fully saturated rings. The molecule has 10 nitrogen and oxygen atoms in total. The normalized spacial score (nSPS) is 37.5. The van der Waals surface area contributed by atoms with Crippen LogP contribution in [0.3, 0.4) is 0 Å². The molecule has 0 amide bonds. The first-order chi connectivity index (χ1) is 19.5. The van der Waals surface area contributed by atoms with E-state index < -0.39 is 74.3 Å². The second-order valence-electron chi connectivity index (χ2n) is 12.7. The highest BCUT2D eigenvalue weighted by atomic mass is 32.2. The number of ether oxygens (including phenoxy) is 2. The van der Waals surface area contributed by atoms with E-state index in [1.807, 2.05) is 0 Å². The number of carbonyl (C=O) groups is 4. The first kappa shape index (κ1) is 32.3. The molecule has 12 heteroatoms. The molecule has 0 aromatic heterocycles. The molecule has 4 aliphatic rings. The molecule has 0 bridgehead atoms. The molecule has 0 radical (unpaired) electrons. The van der Waals surface area contributed by atoms with Gasteiger partial charge >= 0.3 is 11.9 Å². The highest BCUT2D eigenvalue weighted by Gasteiger charge is 2.75. The minimum Gasteiger partial charge on any atom is -0.511 e. The third-order valence-corrected chi connectivity index (χ3v) is 11.1. The molecule has 0 aromatic rings. The van der Waals surface area contributed by atoms with Gasteiger partial charge in [0.2, 0.25) is 5.78 Å². The molecule has 42 heavy (non-hydrogen) atoms. The van der Waals surface area contributed by atoms with Crippen LogP contribution in [0.2, 0.25) is 0 Å². The van der Waals surface area contributed by atoms with Crippen molar-refractivity contribution < 1.29 is 50.7 Å². The van der Waals surface area contributed by atoms with E-state index in [9.17, 15) is 32.7 Å². The Hall–Kier alpha value is -2.60. The van der Waals surface area contributed by atoms with E-state index in [0.717, 1.165) is 12.3 Å². The number of Topliss-reactive ketones (excluding diaryl/α,β-unsaturated/α-hetero) is 1. The SMILES string of the molecule is CCOC(=O)CCCC(=O)O[C@]1(C(=O)COS(C)(=O)=O)[C@@H](C)C[C@H]2[C@@H]3CCC4=CC(=O)C=C(O)[C@]4(C)[C@@]3(F)CC[C@@]21C. The Morgan fingerprint density at radius 3 is 2.40 bits per heavy atom. The number of esters is 2. The van der Waals surface area contributed by atoms with Crippen LogP contribution >= 0.6 is 0 Å². The van der Waals surface area contributed by atoms with E-state index in [1.54, 1.807) is 27.7 Å². The molecule has 0 aliphatic heterocycles. The fourth-order valence-corrected chi connectivity index (χ4v) is 8.83. The Morgan fingerprint density at radius 1 is 1.10 bits per heavy atom. The van der Waals surface area contributed by atoms with Gasteiger partial charge < -0.3 is 14.6 Å². The molecular weight excluding hydrogens is 571 g/mol. The first-order valence-corrected chi connectivity index (χ1v) is 16.4. The van der Waals surface area contributed by atoms with Crippen molar-refractivity contribution in [2.75, 3.05) is 19.5 Å². The largest absolute Gasteiger partial charge is 0.511 e. The van der Waals surface area contributed by atoms with Gasteiger partial charge in [-0.2, -0.15) is 8.42 Å². The second kappa shape index (κ2) is 11.2. The van der Waals surface area contributed by atoms with Crippen molar-refractivity contribution in [3.05, 3.63) is 23.5 Å². The first-order valence-electron chi connectivity index (χ1n) is 14.6. The van der Waals surface area contributed by atoms with E-state index in [2.05, 4.69) is 0 Å². The highest BCUT2D eigenvalue weighted by molar-refractivity contribution is 7.86. The Balaban J connectivity index is 1.70. The van der Waals surface area contributed by atoms with E-state index >= 15 is 4.39 Å². The predicted molar refractivity (Wildman–Crippen MR) is 148 cm³/mol. The molecule has 0 saturated heterocycles. The van der Waals surface area contributed by atoms with Gasteiger partial charge in [-0.1, -0.05) is 13.8 Å². The number of rotatable bonds is 10. The molecule has 0 aromatic carbocycles. The van der Waals surface area contributed by atoms with Crippen LogP contribution in [-0.4, -0.2) is 67.8 Å². The summed E-state index contributed by atoms with van der Waals surface area (Å²) in [6, 6.07) is 0. The summed E-state index contributed by atoms with van der Waals surface area (Å²) < 4.78 is 56.9. The van der Waals surface area contributed by atoms with Crippen LogP contribution in [0.25, 0.3) is 0 Å². The number of fused-ring (bicyclic) bond motifs is 5. The van der Waals surface area contributed by atoms with Crippen molar-refractivity contribution >= 4 is 33.6 Å². The van der Waals surface area contributed by atoms with Crippen LogP contribution < -0.4 is 0 Å². The topological polar surface area (TPSA) is 150 Å². The molecule has 0 heterocycles. The van der Waals surface area contributed by atoms with Crippen LogP contribution in [0.15, 0.2) is 23.5 Å². The zero-order chi connectivity index (χ0) is 31.3. The minimum absolute atomic E-state index is 0.0169. The summed E-state index contributed by atoms with van der Waals surface area (Å²) in [5.74, 6) is -4.34. The van der Waals surface area contributed by atoms with E-state index in [-0.39, 0.29) is 50.3 Å². The lowest BCUT2D eigenvalue weighted by Gasteiger charge is -2.61. The van der Waals surface area contributed by atoms with Crippen molar-refractivity contribution in [2.24, 2.45) is 28.6 Å². The van der Waals surface area contributed by atoms with Gasteiger partial charge in [0.05, 0.1) is 18.3 Å². The van der Waals surface area contributed by atoms with Gasteiger partial charge in [-0.25, -0.2) is 4.39 Å². The van der Waals surface area contributed by atoms with Crippen LogP contribution in [0.5, 0.6) is 0 Å². The fourth-order valence-electron chi connectivity index (χ4n) is 8.51. The Kier molecular flexibility index (Phi) is 8.58. The Labute approximate surface area is 246 Å². The van der Waals surface area contributed by atoms with Crippen LogP contribution in [-0.2, 0) is 43.0 Å². The highest BCUT2D eigenvalue weighted by Crippen LogP contribution is 2.72. The van der Waals surface area contributed by atoms with Crippen LogP contribution in [0.1, 0.15) is 79.1 Å². The average molecular weight is 613 g/mol. The molecule has 4 aliphatic carbocycles. The van der Waals surface area contributed by atoms with Crippen LogP contribution in [0.4, 0.5) is 4.39 Å². The molecule has 0 spiro atoms. The number of aliphatic hydroxyl groups excluding tert-OH is 1. The lowest BCUT2D eigenvalue weighted by molar-refractivity contribution is -0.205. The lowest BCUT2D eigenvalue weighted by atomic mass is 9.45. The van der Waals surface area contributed by atoms with Gasteiger partial charge in [0.15, 0.2) is 11.4 Å². The zero-order valence-electron chi connectivity index (χ0n) is 24.9. The molecule has 3 saturated carbocycles. The molecule has 0 unspecified atom stereocenters. The zero-order valence-corrected chi connectivity index (χ0v) is 25.7. The number of hydrogen-bond donors (Lipinski definition) is 1. The summed E-state index contributed by atoms with van der Waals surface area (Å²) in [6.07, 6.45) is 4.28. The number of carbonyl (C=O) groups excluding carboxylic acids is 4. The van der Waals surface area contributed by atoms with Crippen molar-refractivity contribution in [2.45, 2.75) is 90.3 Å².